The second-order valence-corrected chi connectivity index (χ2v) is 6.07. The van der Waals surface area contributed by atoms with Crippen LogP contribution in [0.5, 0.6) is 0 Å². The van der Waals surface area contributed by atoms with Crippen LogP contribution in [0.4, 0.5) is 4.39 Å². The second-order valence-electron chi connectivity index (χ2n) is 6.07. The van der Waals surface area contributed by atoms with Crippen molar-refractivity contribution in [3.05, 3.63) is 35.1 Å². The summed E-state index contributed by atoms with van der Waals surface area (Å²) in [6, 6.07) is 6.68. The van der Waals surface area contributed by atoms with Crippen LogP contribution in [-0.4, -0.2) is 55.1 Å². The van der Waals surface area contributed by atoms with Crippen LogP contribution in [0.15, 0.2) is 18.2 Å². The van der Waals surface area contributed by atoms with Crippen LogP contribution < -0.4 is 5.32 Å². The zero-order valence-electron chi connectivity index (χ0n) is 12.4. The van der Waals surface area contributed by atoms with Crippen LogP contribution >= 0.6 is 0 Å². The van der Waals surface area contributed by atoms with Crippen molar-refractivity contribution in [3.8, 4) is 0 Å². The van der Waals surface area contributed by atoms with Crippen molar-refractivity contribution in [1.82, 2.24) is 15.1 Å². The molecule has 2 aliphatic heterocycles. The Bertz CT molecular complexity index is 465. The number of hydrogen-bond acceptors (Lipinski definition) is 3. The van der Waals surface area contributed by atoms with E-state index in [2.05, 4.69) is 28.1 Å². The minimum atomic E-state index is -0.0893. The van der Waals surface area contributed by atoms with Crippen LogP contribution in [0.2, 0.25) is 0 Å². The van der Waals surface area contributed by atoms with E-state index >= 15 is 0 Å². The Labute approximate surface area is 120 Å². The maximum Gasteiger partial charge on any atom is 0.126 e. The fraction of sp³-hybridized carbons (Fsp3) is 0.625. The zero-order valence-corrected chi connectivity index (χ0v) is 12.4. The molecular weight excluding hydrogens is 253 g/mol. The highest BCUT2D eigenvalue weighted by atomic mass is 19.1. The molecule has 1 atom stereocenters. The van der Waals surface area contributed by atoms with Crippen LogP contribution in [0.3, 0.4) is 0 Å². The van der Waals surface area contributed by atoms with Gasteiger partial charge in [0.1, 0.15) is 5.82 Å². The molecule has 110 valence electrons. The molecule has 0 bridgehead atoms. The number of nitrogens with zero attached hydrogens (tertiary/aromatic N) is 2. The Hall–Kier alpha value is -0.970. The van der Waals surface area contributed by atoms with Gasteiger partial charge in [0, 0.05) is 51.4 Å². The van der Waals surface area contributed by atoms with E-state index in [9.17, 15) is 4.39 Å². The van der Waals surface area contributed by atoms with Crippen molar-refractivity contribution in [2.24, 2.45) is 0 Å². The number of benzene rings is 1. The fourth-order valence-corrected chi connectivity index (χ4v) is 3.10. The molecule has 0 aliphatic carbocycles. The molecule has 0 aromatic heterocycles. The van der Waals surface area contributed by atoms with Gasteiger partial charge in [-0.25, -0.2) is 4.39 Å². The third-order valence-electron chi connectivity index (χ3n) is 4.85. The van der Waals surface area contributed by atoms with Gasteiger partial charge in [-0.3, -0.25) is 9.80 Å². The molecule has 0 amide bonds. The maximum atomic E-state index is 13.7. The lowest BCUT2D eigenvalue weighted by Gasteiger charge is -2.44. The topological polar surface area (TPSA) is 18.5 Å². The molecular formula is C16H24FN3. The molecule has 2 heterocycles. The summed E-state index contributed by atoms with van der Waals surface area (Å²) in [5, 5.41) is 3.33. The monoisotopic (exact) mass is 277 g/mol. The molecule has 1 unspecified atom stereocenters. The smallest absolute Gasteiger partial charge is 0.126 e. The van der Waals surface area contributed by atoms with Crippen molar-refractivity contribution >= 4 is 0 Å². The molecule has 1 aromatic rings. The summed E-state index contributed by atoms with van der Waals surface area (Å²) in [7, 11) is 0. The molecule has 2 aliphatic rings. The first-order valence-corrected chi connectivity index (χ1v) is 7.60. The Morgan fingerprint density at radius 2 is 1.90 bits per heavy atom. The molecule has 0 saturated carbocycles. The van der Waals surface area contributed by atoms with Crippen molar-refractivity contribution in [2.45, 2.75) is 25.9 Å². The average molecular weight is 277 g/mol. The largest absolute Gasteiger partial charge is 0.314 e. The van der Waals surface area contributed by atoms with Gasteiger partial charge in [-0.15, -0.1) is 0 Å². The van der Waals surface area contributed by atoms with Gasteiger partial charge in [-0.1, -0.05) is 12.1 Å². The van der Waals surface area contributed by atoms with Crippen molar-refractivity contribution in [1.29, 1.82) is 0 Å². The number of piperazine rings is 1. The minimum absolute atomic E-state index is 0.0893. The standard InChI is InChI=1S/C16H24FN3/c1-12-3-4-14(9-16(12)17)13(2)19-5-7-20(8-6-19)15-10-18-11-15/h3-4,9,13,15,18H,5-8,10-11H2,1-2H3. The third-order valence-corrected chi connectivity index (χ3v) is 4.85. The SMILES string of the molecule is Cc1ccc(C(C)N2CCN(C3CNC3)CC2)cc1F. The van der Waals surface area contributed by atoms with Crippen LogP contribution in [0.25, 0.3) is 0 Å². The van der Waals surface area contributed by atoms with Crippen LogP contribution in [0, 0.1) is 12.7 Å². The van der Waals surface area contributed by atoms with Crippen LogP contribution in [-0.2, 0) is 0 Å². The van der Waals surface area contributed by atoms with Gasteiger partial charge in [0.25, 0.3) is 0 Å². The molecule has 1 N–H and O–H groups in total. The summed E-state index contributed by atoms with van der Waals surface area (Å²) in [5.41, 5.74) is 1.81. The van der Waals surface area contributed by atoms with Crippen molar-refractivity contribution in [3.63, 3.8) is 0 Å². The van der Waals surface area contributed by atoms with Gasteiger partial charge in [0.05, 0.1) is 0 Å². The lowest BCUT2D eigenvalue weighted by molar-refractivity contribution is 0.0551. The summed E-state index contributed by atoms with van der Waals surface area (Å²) in [4.78, 5) is 5.04. The summed E-state index contributed by atoms with van der Waals surface area (Å²) in [6.07, 6.45) is 0. The van der Waals surface area contributed by atoms with E-state index in [-0.39, 0.29) is 5.82 Å². The van der Waals surface area contributed by atoms with Gasteiger partial charge >= 0.3 is 0 Å². The zero-order chi connectivity index (χ0) is 14.1. The lowest BCUT2D eigenvalue weighted by atomic mass is 10.0. The Morgan fingerprint density at radius 3 is 2.45 bits per heavy atom. The Balaban J connectivity index is 1.60. The number of halogens is 1. The minimum Gasteiger partial charge on any atom is -0.314 e. The first kappa shape index (κ1) is 14.0. The van der Waals surface area contributed by atoms with Gasteiger partial charge in [-0.2, -0.15) is 0 Å². The van der Waals surface area contributed by atoms with E-state index in [4.69, 9.17) is 0 Å². The summed E-state index contributed by atoms with van der Waals surface area (Å²) >= 11 is 0. The van der Waals surface area contributed by atoms with E-state index < -0.39 is 0 Å². The molecule has 4 heteroatoms. The highest BCUT2D eigenvalue weighted by molar-refractivity contribution is 5.25. The first-order valence-electron chi connectivity index (χ1n) is 7.60. The van der Waals surface area contributed by atoms with E-state index in [0.29, 0.717) is 6.04 Å². The van der Waals surface area contributed by atoms with Gasteiger partial charge < -0.3 is 5.32 Å². The molecule has 3 rings (SSSR count). The predicted molar refractivity (Wildman–Crippen MR) is 79.4 cm³/mol. The van der Waals surface area contributed by atoms with Crippen LogP contribution in [0.1, 0.15) is 24.1 Å². The van der Waals surface area contributed by atoms with Crippen molar-refractivity contribution in [2.75, 3.05) is 39.3 Å². The lowest BCUT2D eigenvalue weighted by Crippen LogP contribution is -2.61. The van der Waals surface area contributed by atoms with Gasteiger partial charge in [0.15, 0.2) is 0 Å². The molecule has 0 spiro atoms. The molecule has 2 fully saturated rings. The molecule has 20 heavy (non-hydrogen) atoms. The van der Waals surface area contributed by atoms with Gasteiger partial charge in [0.2, 0.25) is 0 Å². The number of rotatable bonds is 3. The Kier molecular flexibility index (Phi) is 4.06. The average Bonchev–Trinajstić information content (AvgIpc) is 2.40. The number of hydrogen-bond donors (Lipinski definition) is 1. The summed E-state index contributed by atoms with van der Waals surface area (Å²) in [5.74, 6) is -0.0893. The molecule has 1 aromatic carbocycles. The number of aryl methyl sites for hydroxylation is 1. The summed E-state index contributed by atoms with van der Waals surface area (Å²) in [6.45, 7) is 10.7. The van der Waals surface area contributed by atoms with Gasteiger partial charge in [-0.05, 0) is 31.0 Å². The normalized spacial score (nSPS) is 23.6. The molecule has 2 saturated heterocycles. The van der Waals surface area contributed by atoms with E-state index in [1.54, 1.807) is 6.07 Å². The fourth-order valence-electron chi connectivity index (χ4n) is 3.10. The Morgan fingerprint density at radius 1 is 1.20 bits per heavy atom. The highest BCUT2D eigenvalue weighted by Gasteiger charge is 2.29. The highest BCUT2D eigenvalue weighted by Crippen LogP contribution is 2.24. The predicted octanol–water partition coefficient (Wildman–Crippen LogP) is 1.78. The van der Waals surface area contributed by atoms with Crippen molar-refractivity contribution < 1.29 is 4.39 Å². The molecule has 0 radical (unpaired) electrons. The third kappa shape index (κ3) is 2.73. The quantitative estimate of drug-likeness (QED) is 0.908. The first-order chi connectivity index (χ1) is 9.65. The molecule has 3 nitrogen and oxygen atoms in total. The van der Waals surface area contributed by atoms with E-state index in [0.717, 1.165) is 56.4 Å². The van der Waals surface area contributed by atoms with E-state index in [1.165, 1.54) is 0 Å². The maximum absolute atomic E-state index is 13.7. The van der Waals surface area contributed by atoms with E-state index in [1.807, 2.05) is 13.0 Å². The summed E-state index contributed by atoms with van der Waals surface area (Å²) < 4.78 is 13.7. The second kappa shape index (κ2) is 5.80. The number of nitrogens with one attached hydrogen (secondary N) is 1.